The average Bonchev–Trinajstić information content (AvgIpc) is 2.34. The van der Waals surface area contributed by atoms with E-state index in [0.717, 1.165) is 11.8 Å². The molecule has 0 N–H and O–H groups in total. The van der Waals surface area contributed by atoms with E-state index in [9.17, 15) is 0 Å². The normalized spacial score (nSPS) is 27.9. The lowest BCUT2D eigenvalue weighted by atomic mass is 9.70. The molecule has 2 atom stereocenters. The topological polar surface area (TPSA) is 0 Å². The predicted molar refractivity (Wildman–Crippen MR) is 71.4 cm³/mol. The van der Waals surface area contributed by atoms with E-state index in [1.807, 2.05) is 0 Å². The summed E-state index contributed by atoms with van der Waals surface area (Å²) in [4.78, 5) is 0. The Morgan fingerprint density at radius 3 is 1.62 bits per heavy atom. The van der Waals surface area contributed by atoms with Gasteiger partial charge >= 0.3 is 0 Å². The van der Waals surface area contributed by atoms with Gasteiger partial charge in [-0.1, -0.05) is 50.0 Å². The SMILES string of the molecule is CCCCC1=CC2CCC1C=C2CCCC. The van der Waals surface area contributed by atoms with Crippen LogP contribution in [0.1, 0.15) is 65.2 Å². The van der Waals surface area contributed by atoms with Crippen LogP contribution in [0.3, 0.4) is 0 Å². The van der Waals surface area contributed by atoms with Gasteiger partial charge in [-0.3, -0.25) is 0 Å². The van der Waals surface area contributed by atoms with Crippen LogP contribution in [0.15, 0.2) is 23.3 Å². The van der Waals surface area contributed by atoms with Gasteiger partial charge in [0.05, 0.1) is 0 Å². The van der Waals surface area contributed by atoms with Gasteiger partial charge in [-0.2, -0.15) is 0 Å². The second-order valence-corrected chi connectivity index (χ2v) is 5.48. The monoisotopic (exact) mass is 218 g/mol. The zero-order valence-corrected chi connectivity index (χ0v) is 11.0. The first-order valence-corrected chi connectivity index (χ1v) is 7.26. The van der Waals surface area contributed by atoms with Gasteiger partial charge in [0.2, 0.25) is 0 Å². The molecular formula is C16H26. The molecule has 0 spiro atoms. The molecule has 0 radical (unpaired) electrons. The summed E-state index contributed by atoms with van der Waals surface area (Å²) in [7, 11) is 0. The van der Waals surface area contributed by atoms with Crippen LogP contribution < -0.4 is 0 Å². The summed E-state index contributed by atoms with van der Waals surface area (Å²) in [6.07, 6.45) is 16.2. The molecule has 0 heteroatoms. The first-order valence-electron chi connectivity index (χ1n) is 7.26. The highest BCUT2D eigenvalue weighted by atomic mass is 14.3. The first kappa shape index (κ1) is 12.0. The minimum Gasteiger partial charge on any atom is -0.0775 e. The Balaban J connectivity index is 1.95. The van der Waals surface area contributed by atoms with E-state index in [1.54, 1.807) is 11.1 Å². The molecule has 3 aliphatic carbocycles. The van der Waals surface area contributed by atoms with Crippen molar-refractivity contribution >= 4 is 0 Å². The van der Waals surface area contributed by atoms with Crippen LogP contribution in [-0.4, -0.2) is 0 Å². The van der Waals surface area contributed by atoms with Crippen molar-refractivity contribution in [1.82, 2.24) is 0 Å². The van der Waals surface area contributed by atoms with Gasteiger partial charge < -0.3 is 0 Å². The summed E-state index contributed by atoms with van der Waals surface area (Å²) in [5, 5.41) is 0. The van der Waals surface area contributed by atoms with Crippen molar-refractivity contribution in [1.29, 1.82) is 0 Å². The van der Waals surface area contributed by atoms with E-state index in [0.29, 0.717) is 0 Å². The third-order valence-corrected chi connectivity index (χ3v) is 4.21. The van der Waals surface area contributed by atoms with Gasteiger partial charge in [-0.05, 0) is 50.4 Å². The minimum atomic E-state index is 0.823. The highest BCUT2D eigenvalue weighted by molar-refractivity contribution is 5.32. The molecule has 0 amide bonds. The van der Waals surface area contributed by atoms with E-state index >= 15 is 0 Å². The third-order valence-electron chi connectivity index (χ3n) is 4.21. The molecule has 3 aliphatic rings. The summed E-state index contributed by atoms with van der Waals surface area (Å²) in [5.74, 6) is 1.65. The highest BCUT2D eigenvalue weighted by Crippen LogP contribution is 2.43. The van der Waals surface area contributed by atoms with Crippen LogP contribution in [0.5, 0.6) is 0 Å². The maximum Gasteiger partial charge on any atom is -0.00199 e. The molecule has 0 heterocycles. The van der Waals surface area contributed by atoms with Crippen molar-refractivity contribution in [3.05, 3.63) is 23.3 Å². The Labute approximate surface area is 101 Å². The summed E-state index contributed by atoms with van der Waals surface area (Å²) in [6.45, 7) is 4.59. The number of allylic oxidation sites excluding steroid dienone is 4. The quantitative estimate of drug-likeness (QED) is 0.533. The van der Waals surface area contributed by atoms with Crippen LogP contribution in [0.2, 0.25) is 0 Å². The van der Waals surface area contributed by atoms with Crippen LogP contribution in [0.25, 0.3) is 0 Å². The van der Waals surface area contributed by atoms with Crippen molar-refractivity contribution in [2.75, 3.05) is 0 Å². The lowest BCUT2D eigenvalue weighted by Gasteiger charge is -2.35. The molecule has 0 fully saturated rings. The molecule has 3 rings (SSSR count). The van der Waals surface area contributed by atoms with Gasteiger partial charge in [-0.15, -0.1) is 0 Å². The third kappa shape index (κ3) is 2.59. The predicted octanol–water partition coefficient (Wildman–Crippen LogP) is 5.26. The second-order valence-electron chi connectivity index (χ2n) is 5.48. The number of hydrogen-bond acceptors (Lipinski definition) is 0. The Kier molecular flexibility index (Phi) is 4.26. The van der Waals surface area contributed by atoms with Gasteiger partial charge in [0.25, 0.3) is 0 Å². The van der Waals surface area contributed by atoms with E-state index < -0.39 is 0 Å². The molecule has 0 saturated carbocycles. The zero-order valence-electron chi connectivity index (χ0n) is 11.0. The van der Waals surface area contributed by atoms with Crippen molar-refractivity contribution in [3.8, 4) is 0 Å². The van der Waals surface area contributed by atoms with Gasteiger partial charge in [0, 0.05) is 0 Å². The number of unbranched alkanes of at least 4 members (excludes halogenated alkanes) is 2. The van der Waals surface area contributed by atoms with E-state index in [2.05, 4.69) is 26.0 Å². The zero-order chi connectivity index (χ0) is 11.4. The molecule has 0 aromatic heterocycles. The molecule has 0 saturated heterocycles. The summed E-state index contributed by atoms with van der Waals surface area (Å²) < 4.78 is 0. The van der Waals surface area contributed by atoms with Crippen molar-refractivity contribution in [2.24, 2.45) is 11.8 Å². The van der Waals surface area contributed by atoms with Gasteiger partial charge in [0.15, 0.2) is 0 Å². The summed E-state index contributed by atoms with van der Waals surface area (Å²) in [6, 6.07) is 0. The Hall–Kier alpha value is -0.520. The molecule has 90 valence electrons. The Bertz CT molecular complexity index is 252. The van der Waals surface area contributed by atoms with E-state index in [-0.39, 0.29) is 0 Å². The van der Waals surface area contributed by atoms with Gasteiger partial charge in [0.1, 0.15) is 0 Å². The van der Waals surface area contributed by atoms with Crippen LogP contribution in [0.4, 0.5) is 0 Å². The lowest BCUT2D eigenvalue weighted by Crippen LogP contribution is -2.21. The standard InChI is InChI=1S/C16H26/c1-3-5-7-13-11-16-10-9-15(13)12-14(16)8-6-4-2/h11-12,15-16H,3-10H2,1-2H3. The molecule has 0 aromatic rings. The molecule has 0 aliphatic heterocycles. The number of hydrogen-bond donors (Lipinski definition) is 0. The summed E-state index contributed by atoms with van der Waals surface area (Å²) in [5.41, 5.74) is 3.52. The highest BCUT2D eigenvalue weighted by Gasteiger charge is 2.28. The average molecular weight is 218 g/mol. The molecule has 2 bridgehead atoms. The van der Waals surface area contributed by atoms with Crippen LogP contribution in [0, 0.1) is 11.8 Å². The van der Waals surface area contributed by atoms with Crippen molar-refractivity contribution in [3.63, 3.8) is 0 Å². The Morgan fingerprint density at radius 1 is 0.875 bits per heavy atom. The number of fused-ring (bicyclic) bond motifs is 1. The number of rotatable bonds is 6. The first-order chi connectivity index (χ1) is 7.85. The lowest BCUT2D eigenvalue weighted by molar-refractivity contribution is 0.453. The molecular weight excluding hydrogens is 192 g/mol. The maximum absolute atomic E-state index is 2.62. The molecule has 16 heavy (non-hydrogen) atoms. The maximum atomic E-state index is 2.62. The van der Waals surface area contributed by atoms with Crippen molar-refractivity contribution < 1.29 is 0 Å². The fourth-order valence-electron chi connectivity index (χ4n) is 3.17. The molecule has 0 aromatic carbocycles. The Morgan fingerprint density at radius 2 is 1.31 bits per heavy atom. The smallest absolute Gasteiger partial charge is 0.00199 e. The molecule has 2 unspecified atom stereocenters. The summed E-state index contributed by atoms with van der Waals surface area (Å²) >= 11 is 0. The van der Waals surface area contributed by atoms with Gasteiger partial charge in [-0.25, -0.2) is 0 Å². The van der Waals surface area contributed by atoms with Crippen LogP contribution >= 0.6 is 0 Å². The van der Waals surface area contributed by atoms with Crippen molar-refractivity contribution in [2.45, 2.75) is 65.2 Å². The van der Waals surface area contributed by atoms with E-state index in [4.69, 9.17) is 0 Å². The minimum absolute atomic E-state index is 0.823. The largest absolute Gasteiger partial charge is 0.0775 e. The van der Waals surface area contributed by atoms with Crippen LogP contribution in [-0.2, 0) is 0 Å². The second kappa shape index (κ2) is 5.70. The fourth-order valence-corrected chi connectivity index (χ4v) is 3.17. The van der Waals surface area contributed by atoms with E-state index in [1.165, 1.54) is 51.4 Å². The molecule has 0 nitrogen and oxygen atoms in total. The fraction of sp³-hybridized carbons (Fsp3) is 0.750.